The summed E-state index contributed by atoms with van der Waals surface area (Å²) in [6, 6.07) is 7.55. The molecule has 1 unspecified atom stereocenters. The summed E-state index contributed by atoms with van der Waals surface area (Å²) in [5.74, 6) is 1.25. The molecule has 1 saturated heterocycles. The van der Waals surface area contributed by atoms with Gasteiger partial charge in [0.25, 0.3) is 5.91 Å². The molecule has 6 heteroatoms. The molecule has 0 saturated carbocycles. The standard InChI is InChI=1S/C14H20N2O3.ClH/c1-11-9-15-7-8-16(11)14(17)10-19-13-6-4-3-5-12(13)18-2;/h3-6,11,15H,7-10H2,1-2H3;1H. The number of nitrogens with zero attached hydrogens (tertiary/aromatic N) is 1. The molecule has 1 aliphatic heterocycles. The fraction of sp³-hybridized carbons (Fsp3) is 0.500. The van der Waals surface area contributed by atoms with E-state index in [9.17, 15) is 4.79 Å². The first-order valence-electron chi connectivity index (χ1n) is 6.48. The lowest BCUT2D eigenvalue weighted by atomic mass is 10.2. The summed E-state index contributed by atoms with van der Waals surface area (Å²) < 4.78 is 10.7. The summed E-state index contributed by atoms with van der Waals surface area (Å²) in [7, 11) is 1.59. The van der Waals surface area contributed by atoms with E-state index in [-0.39, 0.29) is 31.0 Å². The van der Waals surface area contributed by atoms with E-state index < -0.39 is 0 Å². The van der Waals surface area contributed by atoms with Crippen molar-refractivity contribution in [3.63, 3.8) is 0 Å². The summed E-state index contributed by atoms with van der Waals surface area (Å²) in [6.07, 6.45) is 0. The van der Waals surface area contributed by atoms with Crippen LogP contribution in [-0.4, -0.2) is 50.2 Å². The summed E-state index contributed by atoms with van der Waals surface area (Å²) in [4.78, 5) is 14.0. The van der Waals surface area contributed by atoms with Crippen LogP contribution in [0, 0.1) is 0 Å². The number of ether oxygens (including phenoxy) is 2. The van der Waals surface area contributed by atoms with E-state index >= 15 is 0 Å². The Labute approximate surface area is 125 Å². The molecule has 1 fully saturated rings. The van der Waals surface area contributed by atoms with Crippen molar-refractivity contribution in [2.24, 2.45) is 0 Å². The van der Waals surface area contributed by atoms with Crippen LogP contribution in [0.2, 0.25) is 0 Å². The molecule has 20 heavy (non-hydrogen) atoms. The van der Waals surface area contributed by atoms with E-state index in [0.29, 0.717) is 11.5 Å². The van der Waals surface area contributed by atoms with Crippen molar-refractivity contribution in [2.45, 2.75) is 13.0 Å². The summed E-state index contributed by atoms with van der Waals surface area (Å²) in [5.41, 5.74) is 0. The fourth-order valence-corrected chi connectivity index (χ4v) is 2.17. The van der Waals surface area contributed by atoms with E-state index in [0.717, 1.165) is 19.6 Å². The van der Waals surface area contributed by atoms with Crippen LogP contribution in [0.3, 0.4) is 0 Å². The Bertz CT molecular complexity index is 442. The monoisotopic (exact) mass is 300 g/mol. The first-order chi connectivity index (χ1) is 9.22. The van der Waals surface area contributed by atoms with Crippen molar-refractivity contribution < 1.29 is 14.3 Å². The summed E-state index contributed by atoms with van der Waals surface area (Å²) in [5, 5.41) is 3.26. The van der Waals surface area contributed by atoms with Gasteiger partial charge in [0, 0.05) is 25.7 Å². The molecule has 1 amide bonds. The largest absolute Gasteiger partial charge is 0.493 e. The van der Waals surface area contributed by atoms with Gasteiger partial charge in [-0.15, -0.1) is 12.4 Å². The molecule has 1 heterocycles. The predicted octanol–water partition coefficient (Wildman–Crippen LogP) is 1.32. The van der Waals surface area contributed by atoms with Crippen molar-refractivity contribution in [3.8, 4) is 11.5 Å². The van der Waals surface area contributed by atoms with Crippen molar-refractivity contribution in [2.75, 3.05) is 33.4 Å². The molecule has 0 aromatic heterocycles. The van der Waals surface area contributed by atoms with Crippen LogP contribution in [0.25, 0.3) is 0 Å². The number of benzene rings is 1. The highest BCUT2D eigenvalue weighted by molar-refractivity contribution is 5.85. The first kappa shape index (κ1) is 16.6. The van der Waals surface area contributed by atoms with Crippen LogP contribution >= 0.6 is 12.4 Å². The SMILES string of the molecule is COc1ccccc1OCC(=O)N1CCNCC1C.Cl. The van der Waals surface area contributed by atoms with Gasteiger partial charge in [-0.2, -0.15) is 0 Å². The molecule has 1 aliphatic rings. The molecular formula is C14H21ClN2O3. The van der Waals surface area contributed by atoms with Crippen LogP contribution in [0.4, 0.5) is 0 Å². The number of para-hydroxylation sites is 2. The summed E-state index contributed by atoms with van der Waals surface area (Å²) in [6.45, 7) is 4.48. The number of piperazine rings is 1. The second-order valence-electron chi connectivity index (χ2n) is 4.58. The van der Waals surface area contributed by atoms with Gasteiger partial charge >= 0.3 is 0 Å². The second-order valence-corrected chi connectivity index (χ2v) is 4.58. The average molecular weight is 301 g/mol. The zero-order valence-electron chi connectivity index (χ0n) is 11.8. The molecule has 112 valence electrons. The lowest BCUT2D eigenvalue weighted by Crippen LogP contribution is -2.53. The second kappa shape index (κ2) is 7.97. The summed E-state index contributed by atoms with van der Waals surface area (Å²) >= 11 is 0. The zero-order chi connectivity index (χ0) is 13.7. The lowest BCUT2D eigenvalue weighted by molar-refractivity contribution is -0.136. The van der Waals surface area contributed by atoms with Crippen LogP contribution < -0.4 is 14.8 Å². The Balaban J connectivity index is 0.00000200. The number of halogens is 1. The quantitative estimate of drug-likeness (QED) is 0.911. The Morgan fingerprint density at radius 2 is 2.10 bits per heavy atom. The smallest absolute Gasteiger partial charge is 0.260 e. The zero-order valence-corrected chi connectivity index (χ0v) is 12.6. The Hall–Kier alpha value is -1.46. The van der Waals surface area contributed by atoms with Crippen LogP contribution in [0.5, 0.6) is 11.5 Å². The van der Waals surface area contributed by atoms with E-state index in [1.165, 1.54) is 0 Å². The number of carbonyl (C=O) groups excluding carboxylic acids is 1. The van der Waals surface area contributed by atoms with Gasteiger partial charge in [-0.1, -0.05) is 12.1 Å². The minimum absolute atomic E-state index is 0. The minimum atomic E-state index is 0. The van der Waals surface area contributed by atoms with Gasteiger partial charge in [0.2, 0.25) is 0 Å². The van der Waals surface area contributed by atoms with Crippen LogP contribution in [0.15, 0.2) is 24.3 Å². The Kier molecular flexibility index (Phi) is 6.61. The first-order valence-corrected chi connectivity index (χ1v) is 6.48. The molecule has 5 nitrogen and oxygen atoms in total. The lowest BCUT2D eigenvalue weighted by Gasteiger charge is -2.33. The van der Waals surface area contributed by atoms with Gasteiger partial charge in [0.05, 0.1) is 7.11 Å². The van der Waals surface area contributed by atoms with Gasteiger partial charge in [0.15, 0.2) is 18.1 Å². The van der Waals surface area contributed by atoms with Crippen LogP contribution in [-0.2, 0) is 4.79 Å². The maximum Gasteiger partial charge on any atom is 0.260 e. The molecule has 0 spiro atoms. The van der Waals surface area contributed by atoms with E-state index in [1.807, 2.05) is 30.0 Å². The van der Waals surface area contributed by atoms with Crippen LogP contribution in [0.1, 0.15) is 6.92 Å². The third-order valence-electron chi connectivity index (χ3n) is 3.24. The fourth-order valence-electron chi connectivity index (χ4n) is 2.17. The third-order valence-corrected chi connectivity index (χ3v) is 3.24. The maximum atomic E-state index is 12.1. The highest BCUT2D eigenvalue weighted by atomic mass is 35.5. The van der Waals surface area contributed by atoms with E-state index in [2.05, 4.69) is 5.32 Å². The highest BCUT2D eigenvalue weighted by Gasteiger charge is 2.23. The average Bonchev–Trinajstić information content (AvgIpc) is 2.45. The number of nitrogens with one attached hydrogen (secondary N) is 1. The number of amides is 1. The highest BCUT2D eigenvalue weighted by Crippen LogP contribution is 2.25. The van der Waals surface area contributed by atoms with Crippen molar-refractivity contribution in [1.82, 2.24) is 10.2 Å². The van der Waals surface area contributed by atoms with Gasteiger partial charge in [-0.05, 0) is 19.1 Å². The predicted molar refractivity (Wildman–Crippen MR) is 79.8 cm³/mol. The van der Waals surface area contributed by atoms with Gasteiger partial charge in [0.1, 0.15) is 0 Å². The molecule has 1 aromatic carbocycles. The molecule has 1 N–H and O–H groups in total. The molecule has 1 atom stereocenters. The van der Waals surface area contributed by atoms with Crippen molar-refractivity contribution in [3.05, 3.63) is 24.3 Å². The number of hydrogen-bond donors (Lipinski definition) is 1. The van der Waals surface area contributed by atoms with Crippen molar-refractivity contribution >= 4 is 18.3 Å². The molecule has 0 radical (unpaired) electrons. The van der Waals surface area contributed by atoms with Crippen molar-refractivity contribution in [1.29, 1.82) is 0 Å². The number of hydrogen-bond acceptors (Lipinski definition) is 4. The normalized spacial score (nSPS) is 18.1. The minimum Gasteiger partial charge on any atom is -0.493 e. The number of carbonyl (C=O) groups is 1. The Morgan fingerprint density at radius 3 is 2.75 bits per heavy atom. The maximum absolute atomic E-state index is 12.1. The molecule has 2 rings (SSSR count). The third kappa shape index (κ3) is 4.02. The topological polar surface area (TPSA) is 50.8 Å². The van der Waals surface area contributed by atoms with Gasteiger partial charge < -0.3 is 19.7 Å². The molecular weight excluding hydrogens is 280 g/mol. The Morgan fingerprint density at radius 1 is 1.40 bits per heavy atom. The molecule has 0 aliphatic carbocycles. The van der Waals surface area contributed by atoms with Gasteiger partial charge in [-0.25, -0.2) is 0 Å². The number of rotatable bonds is 4. The molecule has 1 aromatic rings. The van der Waals surface area contributed by atoms with E-state index in [4.69, 9.17) is 9.47 Å². The molecule has 0 bridgehead atoms. The van der Waals surface area contributed by atoms with Gasteiger partial charge in [-0.3, -0.25) is 4.79 Å². The number of methoxy groups -OCH3 is 1. The van der Waals surface area contributed by atoms with E-state index in [1.54, 1.807) is 13.2 Å².